The van der Waals surface area contributed by atoms with E-state index in [1.54, 1.807) is 0 Å². The fourth-order valence-electron chi connectivity index (χ4n) is 0. The fraction of sp³-hybridized carbons (Fsp3) is 0.500. The van der Waals surface area contributed by atoms with Gasteiger partial charge in [0.05, 0.1) is 0 Å². The molecule has 0 saturated carbocycles. The first-order chi connectivity index (χ1) is 2.27. The molecule has 0 atom stereocenters. The van der Waals surface area contributed by atoms with Crippen LogP contribution in [0.4, 0.5) is 0 Å². The number of hydrogen-bond donors (Lipinski definition) is 0. The summed E-state index contributed by atoms with van der Waals surface area (Å²) in [6.45, 7) is 1.49. The van der Waals surface area contributed by atoms with Crippen LogP contribution in [0.2, 0.25) is 0 Å². The molecule has 0 aliphatic carbocycles. The van der Waals surface area contributed by atoms with Gasteiger partial charge in [-0.05, 0) is 0 Å². The molecule has 0 aliphatic heterocycles. The molecule has 0 fully saturated rings. The molecule has 0 bridgehead atoms. The van der Waals surface area contributed by atoms with Crippen molar-refractivity contribution in [2.75, 3.05) is 0 Å². The van der Waals surface area contributed by atoms with E-state index in [4.69, 9.17) is 9.69 Å². The Balaban J connectivity index is 2.85. The van der Waals surface area contributed by atoms with Crippen molar-refractivity contribution >= 4 is 14.1 Å². The number of carbonyl (C=O) groups excluding carboxylic acids is 1. The van der Waals surface area contributed by atoms with E-state index < -0.39 is 16.1 Å². The SMILES string of the molecule is C[C](=O)[Ru][Cl]. The molecule has 0 heterocycles. The van der Waals surface area contributed by atoms with Gasteiger partial charge in [-0.1, -0.05) is 0 Å². The zero-order valence-corrected chi connectivity index (χ0v) is 5.13. The molecule has 0 saturated heterocycles. The predicted molar refractivity (Wildman–Crippen MR) is 16.5 cm³/mol. The van der Waals surface area contributed by atoms with Gasteiger partial charge in [-0.3, -0.25) is 0 Å². The Morgan fingerprint density at radius 3 is 2.20 bits per heavy atom. The number of halogens is 1. The molecule has 0 N–H and O–H groups in total. The predicted octanol–water partition coefficient (Wildman–Crippen LogP) is 0.769. The Kier molecular flexibility index (Phi) is 3.13. The van der Waals surface area contributed by atoms with Crippen LogP contribution in [0.1, 0.15) is 6.92 Å². The van der Waals surface area contributed by atoms with E-state index in [1.807, 2.05) is 0 Å². The van der Waals surface area contributed by atoms with Crippen molar-refractivity contribution in [3.63, 3.8) is 0 Å². The molecule has 0 aromatic carbocycles. The van der Waals surface area contributed by atoms with Crippen LogP contribution in [-0.2, 0) is 20.9 Å². The van der Waals surface area contributed by atoms with Crippen LogP contribution in [-0.4, -0.2) is 4.38 Å². The maximum atomic E-state index is 9.72. The molecule has 0 rings (SSSR count). The first-order valence-corrected chi connectivity index (χ1v) is 4.12. The van der Waals surface area contributed by atoms with Gasteiger partial charge in [-0.2, -0.15) is 0 Å². The van der Waals surface area contributed by atoms with Crippen molar-refractivity contribution in [3.8, 4) is 0 Å². The normalized spacial score (nSPS) is 8.40. The number of carbonyl (C=O) groups is 1. The van der Waals surface area contributed by atoms with Gasteiger partial charge in [0.2, 0.25) is 0 Å². The molecule has 0 amide bonds. The van der Waals surface area contributed by atoms with Crippen molar-refractivity contribution in [2.24, 2.45) is 0 Å². The molecule has 0 aromatic heterocycles. The molecule has 5 heavy (non-hydrogen) atoms. The van der Waals surface area contributed by atoms with Crippen LogP contribution in [0.15, 0.2) is 0 Å². The van der Waals surface area contributed by atoms with Crippen LogP contribution in [0.25, 0.3) is 0 Å². The van der Waals surface area contributed by atoms with Gasteiger partial charge >= 0.3 is 41.9 Å². The summed E-state index contributed by atoms with van der Waals surface area (Å²) in [5, 5.41) is 0. The standard InChI is InChI=1S/C2H3O.ClH.Ru/c1-2-3;;/h1H3;1H;/q;;+1/p-1. The Hall–Kier alpha value is 0.583. The molecule has 0 radical (unpaired) electrons. The molecule has 0 spiro atoms. The van der Waals surface area contributed by atoms with E-state index in [2.05, 4.69) is 0 Å². The molecule has 0 aromatic rings. The van der Waals surface area contributed by atoms with E-state index in [0.29, 0.717) is 0 Å². The van der Waals surface area contributed by atoms with Crippen LogP contribution < -0.4 is 0 Å². The summed E-state index contributed by atoms with van der Waals surface area (Å²) < 4.78 is 0.110. The molecular weight excluding hydrogens is 177 g/mol. The van der Waals surface area contributed by atoms with Gasteiger partial charge in [-0.25, -0.2) is 0 Å². The molecule has 1 nitrogen and oxygen atoms in total. The second-order valence-corrected chi connectivity index (χ2v) is 2.86. The summed E-state index contributed by atoms with van der Waals surface area (Å²) in [7, 11) is 5.08. The fourth-order valence-corrected chi connectivity index (χ4v) is 0. The van der Waals surface area contributed by atoms with Crippen molar-refractivity contribution in [1.82, 2.24) is 0 Å². The van der Waals surface area contributed by atoms with Gasteiger partial charge in [-0.15, -0.1) is 0 Å². The topological polar surface area (TPSA) is 17.1 Å². The maximum absolute atomic E-state index is 9.72. The Labute approximate surface area is 42.3 Å². The minimum atomic E-state index is -0.481. The average molecular weight is 180 g/mol. The van der Waals surface area contributed by atoms with Crippen LogP contribution in [0.3, 0.4) is 0 Å². The summed E-state index contributed by atoms with van der Waals surface area (Å²) in [5.41, 5.74) is 0. The van der Waals surface area contributed by atoms with E-state index >= 15 is 0 Å². The van der Waals surface area contributed by atoms with Gasteiger partial charge in [0, 0.05) is 0 Å². The average Bonchev–Trinajstić information content (AvgIpc) is 1.38. The summed E-state index contributed by atoms with van der Waals surface area (Å²) in [5.74, 6) is 0. The van der Waals surface area contributed by atoms with Gasteiger partial charge in [0.1, 0.15) is 0 Å². The minimum absolute atomic E-state index is 0.110. The van der Waals surface area contributed by atoms with Gasteiger partial charge in [0.15, 0.2) is 0 Å². The zero-order chi connectivity index (χ0) is 4.28. The number of rotatable bonds is 1. The molecular formula is C2H3ClORu. The summed E-state index contributed by atoms with van der Waals surface area (Å²) >= 11 is -0.481. The van der Waals surface area contributed by atoms with E-state index in [9.17, 15) is 4.79 Å². The van der Waals surface area contributed by atoms with Crippen LogP contribution in [0, 0.1) is 0 Å². The molecule has 3 heteroatoms. The van der Waals surface area contributed by atoms with Crippen LogP contribution in [0.5, 0.6) is 0 Å². The third-order valence-corrected chi connectivity index (χ3v) is 1.67. The van der Waals surface area contributed by atoms with Crippen molar-refractivity contribution in [2.45, 2.75) is 6.92 Å². The zero-order valence-electron chi connectivity index (χ0n) is 2.64. The van der Waals surface area contributed by atoms with Gasteiger partial charge in [0.25, 0.3) is 0 Å². The number of hydrogen-bond acceptors (Lipinski definition) is 1. The third kappa shape index (κ3) is 4.58. The van der Waals surface area contributed by atoms with Crippen LogP contribution >= 0.6 is 9.69 Å². The first-order valence-electron chi connectivity index (χ1n) is 1.01. The Morgan fingerprint density at radius 1 is 2.00 bits per heavy atom. The molecule has 32 valence electrons. The summed E-state index contributed by atoms with van der Waals surface area (Å²) in [4.78, 5) is 9.72. The Bertz CT molecular complexity index is 44.9. The van der Waals surface area contributed by atoms with Gasteiger partial charge < -0.3 is 0 Å². The first kappa shape index (κ1) is 5.58. The Morgan fingerprint density at radius 2 is 2.20 bits per heavy atom. The second-order valence-electron chi connectivity index (χ2n) is 0.520. The van der Waals surface area contributed by atoms with Crippen molar-refractivity contribution < 1.29 is 20.9 Å². The van der Waals surface area contributed by atoms with Crippen molar-refractivity contribution in [3.05, 3.63) is 0 Å². The monoisotopic (exact) mass is 180 g/mol. The van der Waals surface area contributed by atoms with Crippen molar-refractivity contribution in [1.29, 1.82) is 0 Å². The van der Waals surface area contributed by atoms with E-state index in [1.165, 1.54) is 6.92 Å². The second kappa shape index (κ2) is 2.80. The summed E-state index contributed by atoms with van der Waals surface area (Å²) in [6, 6.07) is 0. The van der Waals surface area contributed by atoms with E-state index in [0.717, 1.165) is 0 Å². The third-order valence-electron chi connectivity index (χ3n) is 0.0941. The van der Waals surface area contributed by atoms with E-state index in [-0.39, 0.29) is 4.38 Å². The summed E-state index contributed by atoms with van der Waals surface area (Å²) in [6.07, 6.45) is 0. The quantitative estimate of drug-likeness (QED) is 0.544. The molecule has 0 unspecified atom stereocenters. The molecule has 0 aliphatic rings.